The molecule has 0 amide bonds. The van der Waals surface area contributed by atoms with Crippen molar-refractivity contribution in [3.8, 4) is 0 Å². The number of benzene rings is 2. The van der Waals surface area contributed by atoms with Crippen LogP contribution < -0.4 is 0 Å². The number of halogens is 2. The quantitative estimate of drug-likeness (QED) is 0.704. The second kappa shape index (κ2) is 4.76. The van der Waals surface area contributed by atoms with Crippen LogP contribution in [0.25, 0.3) is 0 Å². The molecule has 0 fully saturated rings. The molecule has 1 unspecified atom stereocenters. The maximum atomic E-state index is 13.3. The molecule has 0 saturated carbocycles. The van der Waals surface area contributed by atoms with E-state index in [1.165, 1.54) is 23.3 Å². The lowest BCUT2D eigenvalue weighted by Gasteiger charge is -2.25. The van der Waals surface area contributed by atoms with Crippen molar-refractivity contribution in [2.45, 2.75) is 32.1 Å². The molecule has 98 valence electrons. The van der Waals surface area contributed by atoms with Crippen molar-refractivity contribution in [1.82, 2.24) is 0 Å². The normalized spacial score (nSPS) is 18.2. The molecule has 0 radical (unpaired) electrons. The third-order valence-corrected chi connectivity index (χ3v) is 4.02. The van der Waals surface area contributed by atoms with Gasteiger partial charge in [0.2, 0.25) is 0 Å². The van der Waals surface area contributed by atoms with Gasteiger partial charge in [-0.25, -0.2) is 8.78 Å². The molecule has 0 aliphatic heterocycles. The summed E-state index contributed by atoms with van der Waals surface area (Å²) in [4.78, 5) is 0. The van der Waals surface area contributed by atoms with E-state index in [0.717, 1.165) is 30.4 Å². The first-order chi connectivity index (χ1) is 9.13. The summed E-state index contributed by atoms with van der Waals surface area (Å²) in [6, 6.07) is 11.2. The summed E-state index contributed by atoms with van der Waals surface area (Å²) in [6.07, 6.45) is 2.63. The summed E-state index contributed by atoms with van der Waals surface area (Å²) in [7, 11) is 0. The van der Waals surface area contributed by atoms with Crippen LogP contribution in [0.4, 0.5) is 8.78 Å². The molecule has 2 aromatic carbocycles. The first-order valence-electron chi connectivity index (χ1n) is 6.67. The van der Waals surface area contributed by atoms with Gasteiger partial charge in [-0.3, -0.25) is 0 Å². The molecule has 0 saturated heterocycles. The summed E-state index contributed by atoms with van der Waals surface area (Å²) in [5.74, 6) is -1.05. The van der Waals surface area contributed by atoms with Crippen LogP contribution >= 0.6 is 0 Å². The molecule has 0 N–H and O–H groups in total. The minimum atomic E-state index is -0.733. The van der Waals surface area contributed by atoms with Gasteiger partial charge < -0.3 is 0 Å². The lowest BCUT2D eigenvalue weighted by molar-refractivity contribution is 0.496. The Balaban J connectivity index is 1.89. The zero-order valence-corrected chi connectivity index (χ0v) is 10.9. The van der Waals surface area contributed by atoms with Crippen LogP contribution in [0.15, 0.2) is 36.4 Å². The van der Waals surface area contributed by atoms with E-state index in [4.69, 9.17) is 0 Å². The van der Waals surface area contributed by atoms with Gasteiger partial charge >= 0.3 is 0 Å². The van der Waals surface area contributed by atoms with Crippen molar-refractivity contribution in [2.24, 2.45) is 0 Å². The molecule has 2 heteroatoms. The highest BCUT2D eigenvalue weighted by atomic mass is 19.2. The van der Waals surface area contributed by atoms with Gasteiger partial charge in [0.1, 0.15) is 0 Å². The highest BCUT2D eigenvalue weighted by Crippen LogP contribution is 2.33. The molecule has 0 bridgehead atoms. The highest BCUT2D eigenvalue weighted by molar-refractivity contribution is 5.35. The molecule has 3 rings (SSSR count). The first-order valence-corrected chi connectivity index (χ1v) is 6.67. The zero-order chi connectivity index (χ0) is 13.4. The first kappa shape index (κ1) is 12.3. The third-order valence-electron chi connectivity index (χ3n) is 4.02. The maximum absolute atomic E-state index is 13.3. The third kappa shape index (κ3) is 2.40. The van der Waals surface area contributed by atoms with E-state index in [9.17, 15) is 8.78 Å². The summed E-state index contributed by atoms with van der Waals surface area (Å²) in [5.41, 5.74) is 4.45. The van der Waals surface area contributed by atoms with Crippen LogP contribution in [0.1, 0.15) is 34.6 Å². The molecule has 1 atom stereocenters. The Kier molecular flexibility index (Phi) is 3.09. The summed E-state index contributed by atoms with van der Waals surface area (Å²) in [6.45, 7) is 2.07. The van der Waals surface area contributed by atoms with Gasteiger partial charge in [-0.1, -0.05) is 29.8 Å². The van der Waals surface area contributed by atoms with Gasteiger partial charge in [-0.15, -0.1) is 0 Å². The number of rotatable bonds is 1. The minimum Gasteiger partial charge on any atom is -0.204 e. The maximum Gasteiger partial charge on any atom is 0.159 e. The Morgan fingerprint density at radius 3 is 2.26 bits per heavy atom. The minimum absolute atomic E-state index is 0.415. The summed E-state index contributed by atoms with van der Waals surface area (Å²) in [5, 5.41) is 0. The van der Waals surface area contributed by atoms with Crippen molar-refractivity contribution < 1.29 is 8.78 Å². The molecule has 1 aliphatic rings. The Labute approximate surface area is 112 Å². The standard InChI is InChI=1S/C17H16F2/c1-11-2-4-12(5-3-11)13-6-7-14-9-16(18)17(19)10-15(14)8-13/h2-5,9-10,13H,6-8H2,1H3. The highest BCUT2D eigenvalue weighted by Gasteiger charge is 2.21. The van der Waals surface area contributed by atoms with Gasteiger partial charge in [-0.05, 0) is 60.9 Å². The van der Waals surface area contributed by atoms with Crippen molar-refractivity contribution in [1.29, 1.82) is 0 Å². The monoisotopic (exact) mass is 258 g/mol. The van der Waals surface area contributed by atoms with Crippen LogP contribution in [0, 0.1) is 18.6 Å². The molecule has 0 aromatic heterocycles. The smallest absolute Gasteiger partial charge is 0.159 e. The van der Waals surface area contributed by atoms with Crippen molar-refractivity contribution in [2.75, 3.05) is 0 Å². The van der Waals surface area contributed by atoms with E-state index in [1.54, 1.807) is 0 Å². The van der Waals surface area contributed by atoms with E-state index in [-0.39, 0.29) is 0 Å². The van der Waals surface area contributed by atoms with Crippen molar-refractivity contribution >= 4 is 0 Å². The number of hydrogen-bond donors (Lipinski definition) is 0. The predicted molar refractivity (Wildman–Crippen MR) is 72.3 cm³/mol. The Morgan fingerprint density at radius 1 is 0.947 bits per heavy atom. The van der Waals surface area contributed by atoms with Gasteiger partial charge in [0, 0.05) is 0 Å². The second-order valence-electron chi connectivity index (χ2n) is 5.39. The van der Waals surface area contributed by atoms with Gasteiger partial charge in [-0.2, -0.15) is 0 Å². The molecular weight excluding hydrogens is 242 g/mol. The molecule has 0 spiro atoms. The molecule has 1 aliphatic carbocycles. The van der Waals surface area contributed by atoms with E-state index >= 15 is 0 Å². The molecule has 19 heavy (non-hydrogen) atoms. The van der Waals surface area contributed by atoms with Gasteiger partial charge in [0.25, 0.3) is 0 Å². The molecule has 2 aromatic rings. The van der Waals surface area contributed by atoms with Crippen molar-refractivity contribution in [3.05, 3.63) is 70.3 Å². The lowest BCUT2D eigenvalue weighted by atomic mass is 9.80. The fourth-order valence-electron chi connectivity index (χ4n) is 2.87. The number of fused-ring (bicyclic) bond motifs is 1. The fraction of sp³-hybridized carbons (Fsp3) is 0.294. The van der Waals surface area contributed by atoms with Gasteiger partial charge in [0.15, 0.2) is 11.6 Å². The number of aryl methyl sites for hydroxylation is 2. The van der Waals surface area contributed by atoms with E-state index in [2.05, 4.69) is 31.2 Å². The van der Waals surface area contributed by atoms with Crippen LogP contribution in [-0.2, 0) is 12.8 Å². The van der Waals surface area contributed by atoms with E-state index < -0.39 is 11.6 Å². The summed E-state index contributed by atoms with van der Waals surface area (Å²) < 4.78 is 26.5. The Bertz CT molecular complexity index is 599. The topological polar surface area (TPSA) is 0 Å². The van der Waals surface area contributed by atoms with Crippen molar-refractivity contribution in [3.63, 3.8) is 0 Å². The molecule has 0 nitrogen and oxygen atoms in total. The van der Waals surface area contributed by atoms with Crippen LogP contribution in [-0.4, -0.2) is 0 Å². The lowest BCUT2D eigenvalue weighted by Crippen LogP contribution is -2.13. The zero-order valence-electron chi connectivity index (χ0n) is 10.9. The predicted octanol–water partition coefficient (Wildman–Crippen LogP) is 4.55. The van der Waals surface area contributed by atoms with E-state index in [0.29, 0.717) is 5.92 Å². The molecule has 0 heterocycles. The Morgan fingerprint density at radius 2 is 1.58 bits per heavy atom. The summed E-state index contributed by atoms with van der Waals surface area (Å²) >= 11 is 0. The fourth-order valence-corrected chi connectivity index (χ4v) is 2.87. The van der Waals surface area contributed by atoms with Crippen LogP contribution in [0.5, 0.6) is 0 Å². The van der Waals surface area contributed by atoms with E-state index in [1.807, 2.05) is 0 Å². The largest absolute Gasteiger partial charge is 0.204 e. The average Bonchev–Trinajstić information content (AvgIpc) is 2.40. The van der Waals surface area contributed by atoms with Crippen LogP contribution in [0.3, 0.4) is 0 Å². The second-order valence-corrected chi connectivity index (χ2v) is 5.39. The van der Waals surface area contributed by atoms with Gasteiger partial charge in [0.05, 0.1) is 0 Å². The molecular formula is C17H16F2. The number of hydrogen-bond acceptors (Lipinski definition) is 0. The average molecular weight is 258 g/mol. The Hall–Kier alpha value is -1.70. The SMILES string of the molecule is Cc1ccc(C2CCc3cc(F)c(F)cc3C2)cc1. The van der Waals surface area contributed by atoms with Crippen LogP contribution in [0.2, 0.25) is 0 Å².